The molecule has 0 aromatic heterocycles. The van der Waals surface area contributed by atoms with E-state index in [1.165, 1.54) is 25.3 Å². The molecular weight excluding hydrogens is 241 g/mol. The van der Waals surface area contributed by atoms with Gasteiger partial charge in [0.15, 0.2) is 0 Å². The SMILES string of the molecule is COc1cc[c]c(-c2ccccc2C(F)(F)F)c1. The van der Waals surface area contributed by atoms with Crippen molar-refractivity contribution in [3.05, 3.63) is 54.1 Å². The molecule has 0 aliphatic rings. The molecule has 2 rings (SSSR count). The summed E-state index contributed by atoms with van der Waals surface area (Å²) in [6.07, 6.45) is -4.38. The van der Waals surface area contributed by atoms with Crippen LogP contribution in [-0.4, -0.2) is 7.11 Å². The molecule has 18 heavy (non-hydrogen) atoms. The van der Waals surface area contributed by atoms with Gasteiger partial charge in [0.1, 0.15) is 5.75 Å². The van der Waals surface area contributed by atoms with Gasteiger partial charge in [0.25, 0.3) is 0 Å². The second-order valence-corrected chi connectivity index (χ2v) is 3.69. The molecular formula is C14H10F3O. The number of halogens is 3. The topological polar surface area (TPSA) is 9.23 Å². The summed E-state index contributed by atoms with van der Waals surface area (Å²) in [5, 5.41) is 0. The lowest BCUT2D eigenvalue weighted by Crippen LogP contribution is -2.06. The summed E-state index contributed by atoms with van der Waals surface area (Å²) in [5.41, 5.74) is -0.208. The molecule has 0 amide bonds. The van der Waals surface area contributed by atoms with Crippen LogP contribution < -0.4 is 4.74 Å². The quantitative estimate of drug-likeness (QED) is 0.778. The number of methoxy groups -OCH3 is 1. The highest BCUT2D eigenvalue weighted by atomic mass is 19.4. The van der Waals surface area contributed by atoms with E-state index in [2.05, 4.69) is 6.07 Å². The highest BCUT2D eigenvalue weighted by Gasteiger charge is 2.33. The normalized spacial score (nSPS) is 11.3. The first-order chi connectivity index (χ1) is 8.52. The third-order valence-corrected chi connectivity index (χ3v) is 2.53. The van der Waals surface area contributed by atoms with Crippen LogP contribution in [0.15, 0.2) is 42.5 Å². The predicted molar refractivity (Wildman–Crippen MR) is 62.3 cm³/mol. The van der Waals surface area contributed by atoms with Crippen molar-refractivity contribution in [2.45, 2.75) is 6.18 Å². The fourth-order valence-electron chi connectivity index (χ4n) is 1.69. The third-order valence-electron chi connectivity index (χ3n) is 2.53. The van der Waals surface area contributed by atoms with E-state index in [4.69, 9.17) is 4.74 Å². The van der Waals surface area contributed by atoms with Crippen LogP contribution in [0.1, 0.15) is 5.56 Å². The Morgan fingerprint density at radius 2 is 1.83 bits per heavy atom. The molecule has 93 valence electrons. The molecule has 0 aliphatic carbocycles. The Morgan fingerprint density at radius 1 is 1.11 bits per heavy atom. The molecule has 0 spiro atoms. The Morgan fingerprint density at radius 3 is 2.50 bits per heavy atom. The maximum atomic E-state index is 12.9. The highest BCUT2D eigenvalue weighted by Crippen LogP contribution is 2.37. The number of benzene rings is 2. The molecule has 0 saturated heterocycles. The van der Waals surface area contributed by atoms with Crippen molar-refractivity contribution in [1.82, 2.24) is 0 Å². The lowest BCUT2D eigenvalue weighted by Gasteiger charge is -2.13. The van der Waals surface area contributed by atoms with E-state index in [9.17, 15) is 13.2 Å². The summed E-state index contributed by atoms with van der Waals surface area (Å²) in [6.45, 7) is 0. The number of hydrogen-bond donors (Lipinski definition) is 0. The molecule has 2 aromatic rings. The van der Waals surface area contributed by atoms with Gasteiger partial charge < -0.3 is 4.74 Å². The Hall–Kier alpha value is -1.97. The lowest BCUT2D eigenvalue weighted by atomic mass is 9.99. The zero-order valence-corrected chi connectivity index (χ0v) is 9.58. The van der Waals surface area contributed by atoms with Gasteiger partial charge >= 0.3 is 6.18 Å². The van der Waals surface area contributed by atoms with Crippen molar-refractivity contribution in [1.29, 1.82) is 0 Å². The Balaban J connectivity index is 2.57. The van der Waals surface area contributed by atoms with E-state index < -0.39 is 11.7 Å². The van der Waals surface area contributed by atoms with Gasteiger partial charge in [-0.2, -0.15) is 13.2 Å². The van der Waals surface area contributed by atoms with Crippen molar-refractivity contribution >= 4 is 0 Å². The minimum absolute atomic E-state index is 0.101. The standard InChI is InChI=1S/C14H10F3O/c1-18-11-6-4-5-10(9-11)12-7-2-3-8-13(12)14(15,16)17/h2-4,6-9H,1H3. The van der Waals surface area contributed by atoms with Crippen molar-refractivity contribution in [2.24, 2.45) is 0 Å². The minimum Gasteiger partial charge on any atom is -0.497 e. The van der Waals surface area contributed by atoms with Crippen LogP contribution in [0.3, 0.4) is 0 Å². The second-order valence-electron chi connectivity index (χ2n) is 3.69. The van der Waals surface area contributed by atoms with Gasteiger partial charge in [-0.25, -0.2) is 0 Å². The molecule has 0 fully saturated rings. The summed E-state index contributed by atoms with van der Waals surface area (Å²) < 4.78 is 43.6. The smallest absolute Gasteiger partial charge is 0.417 e. The van der Waals surface area contributed by atoms with Crippen LogP contribution in [0.2, 0.25) is 0 Å². The monoisotopic (exact) mass is 251 g/mol. The lowest BCUT2D eigenvalue weighted by molar-refractivity contribution is -0.137. The van der Waals surface area contributed by atoms with Gasteiger partial charge in [0, 0.05) is 0 Å². The summed E-state index contributed by atoms with van der Waals surface area (Å²) in [4.78, 5) is 0. The number of hydrogen-bond acceptors (Lipinski definition) is 1. The first-order valence-corrected chi connectivity index (χ1v) is 5.24. The van der Waals surface area contributed by atoms with Crippen molar-refractivity contribution in [3.63, 3.8) is 0 Å². The molecule has 0 atom stereocenters. The van der Waals surface area contributed by atoms with Crippen molar-refractivity contribution < 1.29 is 17.9 Å². The maximum absolute atomic E-state index is 12.9. The Bertz CT molecular complexity index is 547. The van der Waals surface area contributed by atoms with E-state index in [0.29, 0.717) is 11.3 Å². The Kier molecular flexibility index (Phi) is 3.28. The maximum Gasteiger partial charge on any atom is 0.417 e. The van der Waals surface area contributed by atoms with Crippen molar-refractivity contribution in [2.75, 3.05) is 7.11 Å². The largest absolute Gasteiger partial charge is 0.497 e. The molecule has 0 unspecified atom stereocenters. The molecule has 1 radical (unpaired) electrons. The first kappa shape index (κ1) is 12.5. The molecule has 0 heterocycles. The Labute approximate surface area is 103 Å². The average molecular weight is 251 g/mol. The second kappa shape index (κ2) is 4.72. The van der Waals surface area contributed by atoms with E-state index in [1.54, 1.807) is 18.2 Å². The fraction of sp³-hybridized carbons (Fsp3) is 0.143. The van der Waals surface area contributed by atoms with Crippen LogP contribution in [-0.2, 0) is 6.18 Å². The van der Waals surface area contributed by atoms with E-state index in [0.717, 1.165) is 6.07 Å². The fourth-order valence-corrected chi connectivity index (χ4v) is 1.69. The van der Waals surface area contributed by atoms with Gasteiger partial charge in [0.05, 0.1) is 12.7 Å². The third kappa shape index (κ3) is 2.47. The highest BCUT2D eigenvalue weighted by molar-refractivity contribution is 5.68. The van der Waals surface area contributed by atoms with Gasteiger partial charge in [0.2, 0.25) is 0 Å². The zero-order valence-electron chi connectivity index (χ0n) is 9.58. The van der Waals surface area contributed by atoms with Crippen LogP contribution in [0.4, 0.5) is 13.2 Å². The molecule has 1 nitrogen and oxygen atoms in total. The molecule has 0 bridgehead atoms. The molecule has 4 heteroatoms. The molecule has 0 N–H and O–H groups in total. The summed E-state index contributed by atoms with van der Waals surface area (Å²) in [5.74, 6) is 0.501. The van der Waals surface area contributed by atoms with Crippen LogP contribution in [0.5, 0.6) is 5.75 Å². The van der Waals surface area contributed by atoms with E-state index >= 15 is 0 Å². The number of rotatable bonds is 2. The van der Waals surface area contributed by atoms with Crippen LogP contribution in [0, 0.1) is 6.07 Å². The molecule has 0 aliphatic heterocycles. The predicted octanol–water partition coefficient (Wildman–Crippen LogP) is 4.18. The summed E-state index contributed by atoms with van der Waals surface area (Å²) in [7, 11) is 1.47. The van der Waals surface area contributed by atoms with Crippen molar-refractivity contribution in [3.8, 4) is 16.9 Å². The zero-order chi connectivity index (χ0) is 13.2. The number of alkyl halides is 3. The van der Waals surface area contributed by atoms with E-state index in [-0.39, 0.29) is 5.56 Å². The molecule has 0 saturated carbocycles. The van der Waals surface area contributed by atoms with Gasteiger partial charge in [-0.1, -0.05) is 24.3 Å². The van der Waals surface area contributed by atoms with Crippen LogP contribution in [0.25, 0.3) is 11.1 Å². The summed E-state index contributed by atoms with van der Waals surface area (Å²) >= 11 is 0. The van der Waals surface area contributed by atoms with Gasteiger partial charge in [-0.05, 0) is 35.4 Å². The summed E-state index contributed by atoms with van der Waals surface area (Å²) in [6, 6.07) is 12.9. The first-order valence-electron chi connectivity index (χ1n) is 5.24. The van der Waals surface area contributed by atoms with Crippen LogP contribution >= 0.6 is 0 Å². The van der Waals surface area contributed by atoms with E-state index in [1.807, 2.05) is 0 Å². The average Bonchev–Trinajstić information content (AvgIpc) is 2.38. The number of ether oxygens (including phenoxy) is 1. The molecule has 2 aromatic carbocycles. The van der Waals surface area contributed by atoms with Gasteiger partial charge in [-0.15, -0.1) is 0 Å². The van der Waals surface area contributed by atoms with Gasteiger partial charge in [-0.3, -0.25) is 0 Å². The minimum atomic E-state index is -4.38.